The van der Waals surface area contributed by atoms with Crippen molar-refractivity contribution in [3.05, 3.63) is 52.3 Å². The smallest absolute Gasteiger partial charge is 0.419 e. The molecule has 0 N–H and O–H groups in total. The molecule has 0 fully saturated rings. The minimum absolute atomic E-state index is 0.0239. The van der Waals surface area contributed by atoms with E-state index < -0.39 is 17.7 Å². The number of esters is 1. The molecule has 2 heterocycles. The van der Waals surface area contributed by atoms with Gasteiger partial charge in [0.15, 0.2) is 0 Å². The highest BCUT2D eigenvalue weighted by Crippen LogP contribution is 2.31. The van der Waals surface area contributed by atoms with Crippen molar-refractivity contribution in [3.8, 4) is 11.3 Å². The third-order valence-corrected chi connectivity index (χ3v) is 4.37. The quantitative estimate of drug-likeness (QED) is 0.506. The Labute approximate surface area is 172 Å². The Morgan fingerprint density at radius 1 is 1.11 bits per heavy atom. The van der Waals surface area contributed by atoms with Crippen molar-refractivity contribution in [1.29, 1.82) is 0 Å². The second-order valence-electron chi connectivity index (χ2n) is 7.11. The Hall–Kier alpha value is -2.57. The molecule has 0 aliphatic carbocycles. The van der Waals surface area contributed by atoms with Crippen molar-refractivity contribution in [2.24, 2.45) is 0 Å². The van der Waals surface area contributed by atoms with Crippen molar-refractivity contribution in [3.63, 3.8) is 0 Å². The van der Waals surface area contributed by atoms with Crippen LogP contribution < -0.4 is 0 Å². The number of hydrogen-bond acceptors (Lipinski definition) is 5. The lowest BCUT2D eigenvalue weighted by atomic mass is 10.1. The number of fused-ring (bicyclic) bond motifs is 1. The predicted molar refractivity (Wildman–Crippen MR) is 108 cm³/mol. The van der Waals surface area contributed by atoms with Crippen molar-refractivity contribution in [2.75, 3.05) is 7.11 Å². The van der Waals surface area contributed by atoms with Crippen molar-refractivity contribution in [2.45, 2.75) is 26.4 Å². The fraction of sp³-hybridized carbons (Fsp3) is 0.250. The molecule has 0 spiro atoms. The first-order valence-corrected chi connectivity index (χ1v) is 9.15. The summed E-state index contributed by atoms with van der Waals surface area (Å²) < 4.78 is 11.3. The fourth-order valence-corrected chi connectivity index (χ4v) is 3.06. The molecule has 2 aromatic heterocycles. The normalized spacial score (nSPS) is 11.5. The van der Waals surface area contributed by atoms with Gasteiger partial charge in [-0.05, 0) is 51.1 Å². The lowest BCUT2D eigenvalue weighted by Gasteiger charge is -2.20. The van der Waals surface area contributed by atoms with Gasteiger partial charge in [-0.25, -0.2) is 19.1 Å². The number of halogens is 2. The van der Waals surface area contributed by atoms with Gasteiger partial charge in [0.05, 0.1) is 23.3 Å². The van der Waals surface area contributed by atoms with Crippen LogP contribution in [0.3, 0.4) is 0 Å². The first-order valence-electron chi connectivity index (χ1n) is 8.39. The van der Waals surface area contributed by atoms with Crippen LogP contribution in [0.5, 0.6) is 0 Å². The Kier molecular flexibility index (Phi) is 5.37. The van der Waals surface area contributed by atoms with Crippen LogP contribution in [0.4, 0.5) is 4.79 Å². The highest BCUT2D eigenvalue weighted by molar-refractivity contribution is 6.36. The number of benzene rings is 1. The van der Waals surface area contributed by atoms with Gasteiger partial charge in [-0.15, -0.1) is 0 Å². The van der Waals surface area contributed by atoms with Gasteiger partial charge < -0.3 is 9.47 Å². The van der Waals surface area contributed by atoms with Gasteiger partial charge in [-0.3, -0.25) is 0 Å². The van der Waals surface area contributed by atoms with Gasteiger partial charge in [-0.1, -0.05) is 23.2 Å². The monoisotopic (exact) mass is 420 g/mol. The van der Waals surface area contributed by atoms with Crippen LogP contribution in [-0.4, -0.2) is 34.3 Å². The summed E-state index contributed by atoms with van der Waals surface area (Å²) in [5.41, 5.74) is 0.883. The third-order valence-electron chi connectivity index (χ3n) is 3.82. The molecular weight excluding hydrogens is 403 g/mol. The van der Waals surface area contributed by atoms with E-state index in [0.717, 1.165) is 9.95 Å². The van der Waals surface area contributed by atoms with Gasteiger partial charge in [0.1, 0.15) is 11.3 Å². The van der Waals surface area contributed by atoms with E-state index in [4.69, 9.17) is 32.7 Å². The van der Waals surface area contributed by atoms with E-state index in [1.807, 2.05) is 0 Å². The summed E-state index contributed by atoms with van der Waals surface area (Å²) in [6.07, 6.45) is 0.768. The van der Waals surface area contributed by atoms with E-state index in [9.17, 15) is 9.59 Å². The van der Waals surface area contributed by atoms with Crippen LogP contribution in [0.25, 0.3) is 22.2 Å². The molecule has 0 saturated heterocycles. The summed E-state index contributed by atoms with van der Waals surface area (Å²) in [5.74, 6) is -0.674. The Bertz CT molecular complexity index is 1080. The molecule has 3 rings (SSSR count). The van der Waals surface area contributed by atoms with Gasteiger partial charge in [-0.2, -0.15) is 0 Å². The Balaban J connectivity index is 2.13. The van der Waals surface area contributed by atoms with E-state index in [1.54, 1.807) is 45.0 Å². The van der Waals surface area contributed by atoms with E-state index in [-0.39, 0.29) is 5.69 Å². The Morgan fingerprint density at radius 2 is 1.82 bits per heavy atom. The van der Waals surface area contributed by atoms with Crippen LogP contribution in [-0.2, 0) is 9.47 Å². The maximum absolute atomic E-state index is 12.5. The molecule has 0 bridgehead atoms. The summed E-state index contributed by atoms with van der Waals surface area (Å²) in [4.78, 5) is 29.3. The first-order chi connectivity index (χ1) is 13.1. The molecule has 8 heteroatoms. The summed E-state index contributed by atoms with van der Waals surface area (Å²) in [5, 5.41) is 1.74. The molecule has 0 aliphatic heterocycles. The molecule has 6 nitrogen and oxygen atoms in total. The molecule has 0 unspecified atom stereocenters. The van der Waals surface area contributed by atoms with Gasteiger partial charge in [0, 0.05) is 22.2 Å². The standard InChI is InChI=1S/C20H18Cl2N2O4/c1-20(2,3)28-19(26)24-10-11(7-17(24)18(25)27-4)15-9-14(22)13-6-5-12(21)8-16(13)23-15/h5-10H,1-4H3. The topological polar surface area (TPSA) is 70.4 Å². The number of carbonyl (C=O) groups is 2. The summed E-state index contributed by atoms with van der Waals surface area (Å²) in [6, 6.07) is 8.37. The maximum atomic E-state index is 12.5. The van der Waals surface area contributed by atoms with Crippen LogP contribution >= 0.6 is 23.2 Å². The Morgan fingerprint density at radius 3 is 2.46 bits per heavy atom. The molecule has 0 aliphatic rings. The highest BCUT2D eigenvalue weighted by atomic mass is 35.5. The summed E-state index contributed by atoms with van der Waals surface area (Å²) >= 11 is 12.4. The van der Waals surface area contributed by atoms with Crippen LogP contribution in [0.2, 0.25) is 10.0 Å². The first kappa shape index (κ1) is 20.2. The zero-order valence-corrected chi connectivity index (χ0v) is 17.3. The maximum Gasteiger partial charge on any atom is 0.419 e. The van der Waals surface area contributed by atoms with E-state index in [0.29, 0.717) is 26.8 Å². The zero-order chi connectivity index (χ0) is 20.6. The predicted octanol–water partition coefficient (Wildman–Crippen LogP) is 5.58. The van der Waals surface area contributed by atoms with Crippen molar-refractivity contribution in [1.82, 2.24) is 9.55 Å². The molecule has 3 aromatic rings. The molecular formula is C20H18Cl2N2O4. The summed E-state index contributed by atoms with van der Waals surface area (Å²) in [7, 11) is 1.24. The van der Waals surface area contributed by atoms with Gasteiger partial charge >= 0.3 is 12.1 Å². The molecule has 0 saturated carbocycles. The fourth-order valence-electron chi connectivity index (χ4n) is 2.63. The number of hydrogen-bond donors (Lipinski definition) is 0. The number of rotatable bonds is 2. The highest BCUT2D eigenvalue weighted by Gasteiger charge is 2.24. The largest absolute Gasteiger partial charge is 0.464 e. The number of aromatic nitrogens is 2. The summed E-state index contributed by atoms with van der Waals surface area (Å²) in [6.45, 7) is 5.21. The number of nitrogens with zero attached hydrogens (tertiary/aromatic N) is 2. The minimum Gasteiger partial charge on any atom is -0.464 e. The zero-order valence-electron chi connectivity index (χ0n) is 15.7. The number of ether oxygens (including phenoxy) is 2. The van der Waals surface area contributed by atoms with Crippen molar-refractivity contribution < 1.29 is 19.1 Å². The number of methoxy groups -OCH3 is 1. The van der Waals surface area contributed by atoms with Gasteiger partial charge in [0.2, 0.25) is 0 Å². The lowest BCUT2D eigenvalue weighted by Crippen LogP contribution is -2.28. The van der Waals surface area contributed by atoms with E-state index >= 15 is 0 Å². The molecule has 0 atom stereocenters. The number of pyridine rings is 1. The van der Waals surface area contributed by atoms with Crippen LogP contribution in [0, 0.1) is 0 Å². The number of carbonyl (C=O) groups excluding carboxylic acids is 2. The molecule has 0 radical (unpaired) electrons. The van der Waals surface area contributed by atoms with E-state index in [2.05, 4.69) is 4.98 Å². The SMILES string of the molecule is COC(=O)c1cc(-c2cc(Cl)c3ccc(Cl)cc3n2)cn1C(=O)OC(C)(C)C. The average molecular weight is 421 g/mol. The molecule has 1 aromatic carbocycles. The molecule has 28 heavy (non-hydrogen) atoms. The second kappa shape index (κ2) is 7.45. The van der Waals surface area contributed by atoms with Gasteiger partial charge in [0.25, 0.3) is 0 Å². The lowest BCUT2D eigenvalue weighted by molar-refractivity contribution is 0.0483. The minimum atomic E-state index is -0.726. The van der Waals surface area contributed by atoms with Crippen LogP contribution in [0.15, 0.2) is 36.5 Å². The average Bonchev–Trinajstić information content (AvgIpc) is 3.04. The van der Waals surface area contributed by atoms with Crippen LogP contribution in [0.1, 0.15) is 31.3 Å². The third kappa shape index (κ3) is 4.13. The van der Waals surface area contributed by atoms with Crippen molar-refractivity contribution >= 4 is 46.2 Å². The molecule has 0 amide bonds. The molecule has 146 valence electrons. The van der Waals surface area contributed by atoms with E-state index in [1.165, 1.54) is 19.4 Å². The second-order valence-corrected chi connectivity index (χ2v) is 7.95.